The Hall–Kier alpha value is -3.06. The molecule has 196 valence electrons. The second kappa shape index (κ2) is 8.76. The molecule has 37 heavy (non-hydrogen) atoms. The molecule has 2 atom stereocenters. The van der Waals surface area contributed by atoms with Crippen molar-refractivity contribution in [2.45, 2.75) is 83.0 Å². The summed E-state index contributed by atoms with van der Waals surface area (Å²) in [6, 6.07) is 17.5. The molecule has 0 radical (unpaired) electrons. The lowest BCUT2D eigenvalue weighted by atomic mass is 9.84. The largest absolute Gasteiger partial charge is 0.454 e. The lowest BCUT2D eigenvalue weighted by Crippen LogP contribution is -2.53. The molecule has 1 saturated heterocycles. The highest BCUT2D eigenvalue weighted by Gasteiger charge is 2.51. The Morgan fingerprint density at radius 3 is 2.43 bits per heavy atom. The van der Waals surface area contributed by atoms with Gasteiger partial charge in [0.15, 0.2) is 5.60 Å². The second-order valence-corrected chi connectivity index (χ2v) is 12.0. The molecule has 1 fully saturated rings. The van der Waals surface area contributed by atoms with E-state index < -0.39 is 11.2 Å². The van der Waals surface area contributed by atoms with E-state index in [2.05, 4.69) is 54.3 Å². The zero-order chi connectivity index (χ0) is 25.8. The Bertz CT molecular complexity index is 1230. The number of ether oxygens (including phenoxy) is 3. The molecular formula is C30H37N3O4. The number of amidine groups is 1. The van der Waals surface area contributed by atoms with Crippen molar-refractivity contribution >= 4 is 12.1 Å². The summed E-state index contributed by atoms with van der Waals surface area (Å²) in [5.41, 5.74) is 3.57. The fourth-order valence-corrected chi connectivity index (χ4v) is 6.23. The van der Waals surface area contributed by atoms with Crippen LogP contribution in [0.1, 0.15) is 62.8 Å². The monoisotopic (exact) mass is 503 g/mol. The zero-order valence-corrected chi connectivity index (χ0v) is 22.3. The van der Waals surface area contributed by atoms with Crippen LogP contribution >= 0.6 is 0 Å². The number of benzene rings is 2. The van der Waals surface area contributed by atoms with Crippen molar-refractivity contribution < 1.29 is 19.0 Å². The van der Waals surface area contributed by atoms with Gasteiger partial charge in [0, 0.05) is 26.1 Å². The number of carbonyl (C=O) groups is 1. The molecule has 2 aromatic carbocycles. The van der Waals surface area contributed by atoms with E-state index >= 15 is 0 Å². The van der Waals surface area contributed by atoms with Gasteiger partial charge in [0.1, 0.15) is 5.60 Å². The van der Waals surface area contributed by atoms with Crippen LogP contribution in [-0.2, 0) is 39.4 Å². The number of hydrogen-bond acceptors (Lipinski definition) is 6. The summed E-state index contributed by atoms with van der Waals surface area (Å²) in [6.45, 7) is 11.1. The number of rotatable bonds is 0. The topological polar surface area (TPSA) is 63.6 Å². The first-order valence-corrected chi connectivity index (χ1v) is 13.5. The maximum atomic E-state index is 13.2. The maximum Gasteiger partial charge on any atom is 0.410 e. The third-order valence-electron chi connectivity index (χ3n) is 8.29. The minimum atomic E-state index is -0.634. The normalized spacial score (nSPS) is 26.4. The number of aliphatic imine (C=N–C) groups is 1. The fourth-order valence-electron chi connectivity index (χ4n) is 6.23. The molecule has 0 bridgehead atoms. The van der Waals surface area contributed by atoms with Crippen LogP contribution in [0.3, 0.4) is 0 Å². The average molecular weight is 504 g/mol. The number of likely N-dealkylation sites (tertiary alicyclic amines) is 1. The van der Waals surface area contributed by atoms with Gasteiger partial charge in [-0.15, -0.1) is 0 Å². The van der Waals surface area contributed by atoms with Crippen LogP contribution < -0.4 is 0 Å². The first-order chi connectivity index (χ1) is 17.7. The highest BCUT2D eigenvalue weighted by atomic mass is 16.6. The zero-order valence-electron chi connectivity index (χ0n) is 22.3. The van der Waals surface area contributed by atoms with E-state index in [1.807, 2.05) is 26.8 Å². The van der Waals surface area contributed by atoms with Crippen LogP contribution in [-0.4, -0.2) is 58.8 Å². The molecule has 0 aliphatic carbocycles. The minimum absolute atomic E-state index is 0.0991. The van der Waals surface area contributed by atoms with Gasteiger partial charge in [-0.1, -0.05) is 48.5 Å². The van der Waals surface area contributed by atoms with Gasteiger partial charge < -0.3 is 19.1 Å². The number of nitrogens with zero attached hydrogens (tertiary/aromatic N) is 3. The van der Waals surface area contributed by atoms with Gasteiger partial charge in [0.2, 0.25) is 0 Å². The van der Waals surface area contributed by atoms with E-state index in [0.29, 0.717) is 32.1 Å². The number of carbonyl (C=O) groups excluding carboxylic acids is 1. The van der Waals surface area contributed by atoms with E-state index in [1.54, 1.807) is 4.90 Å². The Labute approximate surface area is 219 Å². The van der Waals surface area contributed by atoms with E-state index in [9.17, 15) is 4.79 Å². The molecule has 4 aliphatic rings. The molecule has 6 rings (SSSR count). The van der Waals surface area contributed by atoms with Crippen LogP contribution in [0, 0.1) is 0 Å². The molecule has 2 spiro atoms. The van der Waals surface area contributed by atoms with Crippen molar-refractivity contribution in [2.24, 2.45) is 4.99 Å². The lowest BCUT2D eigenvalue weighted by Gasteiger charge is -2.41. The van der Waals surface area contributed by atoms with E-state index in [4.69, 9.17) is 19.2 Å². The first kappa shape index (κ1) is 24.3. The van der Waals surface area contributed by atoms with Crippen molar-refractivity contribution in [3.63, 3.8) is 0 Å². The van der Waals surface area contributed by atoms with Gasteiger partial charge in [-0.05, 0) is 62.8 Å². The van der Waals surface area contributed by atoms with Crippen LogP contribution in [0.5, 0.6) is 0 Å². The fraction of sp³-hybridized carbons (Fsp3) is 0.533. The smallest absolute Gasteiger partial charge is 0.410 e. The van der Waals surface area contributed by atoms with Crippen LogP contribution in [0.25, 0.3) is 0 Å². The van der Waals surface area contributed by atoms with Crippen molar-refractivity contribution in [3.8, 4) is 0 Å². The summed E-state index contributed by atoms with van der Waals surface area (Å²) < 4.78 is 18.9. The van der Waals surface area contributed by atoms with Gasteiger partial charge in [-0.2, -0.15) is 0 Å². The molecule has 7 nitrogen and oxygen atoms in total. The Morgan fingerprint density at radius 2 is 1.70 bits per heavy atom. The predicted molar refractivity (Wildman–Crippen MR) is 141 cm³/mol. The molecule has 2 unspecified atom stereocenters. The summed E-state index contributed by atoms with van der Waals surface area (Å²) in [6.07, 6.45) is 2.19. The Kier molecular flexibility index (Phi) is 5.75. The number of piperidine rings is 1. The Balaban J connectivity index is 1.22. The molecule has 0 aromatic heterocycles. The van der Waals surface area contributed by atoms with E-state index in [1.165, 1.54) is 16.7 Å². The van der Waals surface area contributed by atoms with Crippen molar-refractivity contribution in [3.05, 3.63) is 70.8 Å². The molecule has 4 heterocycles. The number of hydrogen-bond donors (Lipinski definition) is 0. The van der Waals surface area contributed by atoms with E-state index in [-0.39, 0.29) is 17.7 Å². The van der Waals surface area contributed by atoms with Crippen LogP contribution in [0.2, 0.25) is 0 Å². The molecule has 0 saturated carbocycles. The SMILES string of the molecule is CC1N=C(N2CCC3(CC2)OCc2ccccc23)OC12Cc1ccccc1CN(C(=O)OC(C)(C)C)C2. The van der Waals surface area contributed by atoms with E-state index in [0.717, 1.165) is 31.5 Å². The maximum absolute atomic E-state index is 13.2. The summed E-state index contributed by atoms with van der Waals surface area (Å²) in [5.74, 6) is 0. The summed E-state index contributed by atoms with van der Waals surface area (Å²) in [4.78, 5) is 22.3. The highest BCUT2D eigenvalue weighted by molar-refractivity contribution is 5.77. The van der Waals surface area contributed by atoms with Gasteiger partial charge in [0.25, 0.3) is 6.02 Å². The first-order valence-electron chi connectivity index (χ1n) is 13.5. The summed E-state index contributed by atoms with van der Waals surface area (Å²) in [7, 11) is 0. The highest BCUT2D eigenvalue weighted by Crippen LogP contribution is 2.45. The van der Waals surface area contributed by atoms with Gasteiger partial charge in [-0.25, -0.2) is 9.79 Å². The number of amides is 1. The molecule has 4 aliphatic heterocycles. The third-order valence-corrected chi connectivity index (χ3v) is 8.29. The average Bonchev–Trinajstić information content (AvgIpc) is 3.30. The van der Waals surface area contributed by atoms with Gasteiger partial charge in [0.05, 0.1) is 24.8 Å². The van der Waals surface area contributed by atoms with Crippen LogP contribution in [0.4, 0.5) is 4.79 Å². The van der Waals surface area contributed by atoms with Crippen molar-refractivity contribution in [2.75, 3.05) is 19.6 Å². The molecule has 0 N–H and O–H groups in total. The second-order valence-electron chi connectivity index (χ2n) is 12.0. The quantitative estimate of drug-likeness (QED) is 0.506. The minimum Gasteiger partial charge on any atom is -0.454 e. The van der Waals surface area contributed by atoms with Crippen molar-refractivity contribution in [1.82, 2.24) is 9.80 Å². The molecular weight excluding hydrogens is 466 g/mol. The standard InChI is InChI=1S/C30H37N3O4/c1-21-30(17-22-9-5-6-10-23(22)18-33(20-30)27(34)37-28(2,3)4)36-26(31-21)32-15-13-29(14-16-32)25-12-8-7-11-24(25)19-35-29/h5-12,21H,13-20H2,1-4H3. The molecule has 1 amide bonds. The molecule has 2 aromatic rings. The van der Waals surface area contributed by atoms with Crippen molar-refractivity contribution in [1.29, 1.82) is 0 Å². The third kappa shape index (κ3) is 4.37. The Morgan fingerprint density at radius 1 is 1.03 bits per heavy atom. The molecule has 7 heteroatoms. The van der Waals surface area contributed by atoms with Crippen LogP contribution in [0.15, 0.2) is 53.5 Å². The summed E-state index contributed by atoms with van der Waals surface area (Å²) >= 11 is 0. The summed E-state index contributed by atoms with van der Waals surface area (Å²) in [5, 5.41) is 0. The van der Waals surface area contributed by atoms with Gasteiger partial charge in [-0.3, -0.25) is 4.90 Å². The lowest BCUT2D eigenvalue weighted by molar-refractivity contribution is -0.0751. The van der Waals surface area contributed by atoms with Gasteiger partial charge >= 0.3 is 6.09 Å². The number of fused-ring (bicyclic) bond motifs is 3. The predicted octanol–water partition coefficient (Wildman–Crippen LogP) is 5.01.